The van der Waals surface area contributed by atoms with Crippen LogP contribution in [0.2, 0.25) is 0 Å². The number of carbonyl (C=O) groups excluding carboxylic acids is 1. The molecule has 1 aromatic carbocycles. The number of nitrogens with zero attached hydrogens (tertiary/aromatic N) is 6. The Morgan fingerprint density at radius 2 is 1.94 bits per heavy atom. The van der Waals surface area contributed by atoms with Gasteiger partial charge in [-0.1, -0.05) is 17.7 Å². The first-order valence-electron chi connectivity index (χ1n) is 11.0. The molecule has 0 N–H and O–H groups in total. The third kappa shape index (κ3) is 5.58. The first-order valence-corrected chi connectivity index (χ1v) is 11.0. The van der Waals surface area contributed by atoms with Gasteiger partial charge in [0, 0.05) is 69.4 Å². The molecule has 0 spiro atoms. The lowest BCUT2D eigenvalue weighted by atomic mass is 10.1. The number of rotatable bonds is 7. The Kier molecular flexibility index (Phi) is 6.76. The van der Waals surface area contributed by atoms with E-state index in [9.17, 15) is 4.79 Å². The van der Waals surface area contributed by atoms with Crippen molar-refractivity contribution in [3.8, 4) is 11.5 Å². The predicted octanol–water partition coefficient (Wildman–Crippen LogP) is 2.93. The zero-order valence-electron chi connectivity index (χ0n) is 18.3. The van der Waals surface area contributed by atoms with Crippen molar-refractivity contribution in [1.29, 1.82) is 0 Å². The fraction of sp³-hybridized carbons (Fsp3) is 0.478. The van der Waals surface area contributed by atoms with Crippen molar-refractivity contribution >= 4 is 5.91 Å². The van der Waals surface area contributed by atoms with Gasteiger partial charge < -0.3 is 9.32 Å². The summed E-state index contributed by atoms with van der Waals surface area (Å²) in [7, 11) is 0. The summed E-state index contributed by atoms with van der Waals surface area (Å²) in [5.74, 6) is 1.16. The van der Waals surface area contributed by atoms with Crippen LogP contribution in [0.5, 0.6) is 0 Å². The van der Waals surface area contributed by atoms with Crippen LogP contribution in [0.3, 0.4) is 0 Å². The molecule has 1 aliphatic rings. The van der Waals surface area contributed by atoms with Crippen molar-refractivity contribution < 1.29 is 9.21 Å². The van der Waals surface area contributed by atoms with Crippen molar-refractivity contribution in [1.82, 2.24) is 29.8 Å². The molecule has 4 rings (SSSR count). The first kappa shape index (κ1) is 21.2. The van der Waals surface area contributed by atoms with Gasteiger partial charge in [-0.2, -0.15) is 5.10 Å². The van der Waals surface area contributed by atoms with Crippen molar-refractivity contribution in [3.63, 3.8) is 0 Å². The van der Waals surface area contributed by atoms with E-state index in [1.165, 1.54) is 11.1 Å². The van der Waals surface area contributed by atoms with Crippen molar-refractivity contribution in [2.45, 2.75) is 46.2 Å². The number of hydrogen-bond donors (Lipinski definition) is 0. The molecule has 31 heavy (non-hydrogen) atoms. The molecule has 0 bridgehead atoms. The second-order valence-electron chi connectivity index (χ2n) is 8.08. The molecule has 1 saturated heterocycles. The molecule has 1 aliphatic heterocycles. The van der Waals surface area contributed by atoms with E-state index in [1.807, 2.05) is 47.0 Å². The van der Waals surface area contributed by atoms with Crippen LogP contribution >= 0.6 is 0 Å². The highest BCUT2D eigenvalue weighted by Crippen LogP contribution is 2.19. The molecule has 3 heterocycles. The van der Waals surface area contributed by atoms with Gasteiger partial charge in [0.25, 0.3) is 0 Å². The van der Waals surface area contributed by atoms with Crippen LogP contribution in [0, 0.1) is 6.92 Å². The average molecular weight is 423 g/mol. The molecule has 0 radical (unpaired) electrons. The second-order valence-corrected chi connectivity index (χ2v) is 8.08. The van der Waals surface area contributed by atoms with Crippen LogP contribution in [0.1, 0.15) is 36.8 Å². The van der Waals surface area contributed by atoms with E-state index in [4.69, 9.17) is 4.42 Å². The summed E-state index contributed by atoms with van der Waals surface area (Å²) in [6, 6.07) is 7.96. The summed E-state index contributed by atoms with van der Waals surface area (Å²) in [6.45, 7) is 9.30. The fourth-order valence-corrected chi connectivity index (χ4v) is 3.84. The van der Waals surface area contributed by atoms with Gasteiger partial charge in [0.2, 0.25) is 17.7 Å². The monoisotopic (exact) mass is 422 g/mol. The van der Waals surface area contributed by atoms with E-state index in [0.717, 1.165) is 51.3 Å². The lowest BCUT2D eigenvalue weighted by molar-refractivity contribution is -0.131. The molecule has 0 saturated carbocycles. The van der Waals surface area contributed by atoms with E-state index in [2.05, 4.69) is 33.3 Å². The highest BCUT2D eigenvalue weighted by molar-refractivity contribution is 5.76. The van der Waals surface area contributed by atoms with E-state index in [-0.39, 0.29) is 5.91 Å². The Morgan fingerprint density at radius 1 is 1.10 bits per heavy atom. The normalized spacial score (nSPS) is 15.2. The van der Waals surface area contributed by atoms with Gasteiger partial charge in [-0.3, -0.25) is 14.4 Å². The Hall–Kier alpha value is -3.00. The summed E-state index contributed by atoms with van der Waals surface area (Å²) in [5, 5.41) is 12.6. The zero-order chi connectivity index (χ0) is 21.6. The Morgan fingerprint density at radius 3 is 2.71 bits per heavy atom. The summed E-state index contributed by atoms with van der Waals surface area (Å²) in [6.07, 6.45) is 5.87. The molecule has 0 atom stereocenters. The van der Waals surface area contributed by atoms with Gasteiger partial charge in [-0.15, -0.1) is 10.2 Å². The number of carbonyl (C=O) groups is 1. The number of aromatic nitrogens is 4. The molecule has 8 heteroatoms. The minimum absolute atomic E-state index is 0.149. The number of hydrogen-bond acceptors (Lipinski definition) is 6. The predicted molar refractivity (Wildman–Crippen MR) is 117 cm³/mol. The van der Waals surface area contributed by atoms with Crippen molar-refractivity contribution in [3.05, 3.63) is 53.7 Å². The van der Waals surface area contributed by atoms with Gasteiger partial charge in [0.15, 0.2) is 0 Å². The van der Waals surface area contributed by atoms with Gasteiger partial charge in [-0.05, 0) is 32.4 Å². The molecule has 2 aromatic heterocycles. The maximum absolute atomic E-state index is 12.7. The summed E-state index contributed by atoms with van der Waals surface area (Å²) in [4.78, 5) is 17.1. The summed E-state index contributed by atoms with van der Waals surface area (Å²) < 4.78 is 7.71. The third-order valence-electron chi connectivity index (χ3n) is 5.68. The molecule has 3 aromatic rings. The lowest BCUT2D eigenvalue weighted by Crippen LogP contribution is -2.35. The van der Waals surface area contributed by atoms with Crippen molar-refractivity contribution in [2.24, 2.45) is 0 Å². The van der Waals surface area contributed by atoms with Crippen LogP contribution in [0.15, 0.2) is 41.1 Å². The van der Waals surface area contributed by atoms with Crippen LogP contribution in [0.4, 0.5) is 0 Å². The molecular weight excluding hydrogens is 392 g/mol. The van der Waals surface area contributed by atoms with Crippen LogP contribution < -0.4 is 0 Å². The van der Waals surface area contributed by atoms with Gasteiger partial charge in [-0.25, -0.2) is 0 Å². The molecule has 164 valence electrons. The maximum Gasteiger partial charge on any atom is 0.247 e. The highest BCUT2D eigenvalue weighted by atomic mass is 16.4. The number of benzene rings is 1. The van der Waals surface area contributed by atoms with Crippen molar-refractivity contribution in [2.75, 3.05) is 26.2 Å². The molecule has 0 unspecified atom stereocenters. The summed E-state index contributed by atoms with van der Waals surface area (Å²) >= 11 is 0. The SMILES string of the molecule is CCn1cc(CN2CCCN(C(=O)CCc3nnc(-c4ccc(C)cc4)o3)CC2)cn1. The zero-order valence-corrected chi connectivity index (χ0v) is 18.3. The standard InChI is InChI=1S/C23H30N6O2/c1-3-29-17-19(15-24-29)16-27-11-4-12-28(14-13-27)22(30)10-9-21-25-26-23(31-21)20-7-5-18(2)6-8-20/h5-8,15,17H,3-4,9-14,16H2,1-2H3. The maximum atomic E-state index is 12.7. The van der Waals surface area contributed by atoms with Gasteiger partial charge in [0.1, 0.15) is 0 Å². The van der Waals surface area contributed by atoms with Crippen LogP contribution in [0.25, 0.3) is 11.5 Å². The molecule has 1 fully saturated rings. The topological polar surface area (TPSA) is 80.3 Å². The lowest BCUT2D eigenvalue weighted by Gasteiger charge is -2.21. The van der Waals surface area contributed by atoms with E-state index >= 15 is 0 Å². The summed E-state index contributed by atoms with van der Waals surface area (Å²) in [5.41, 5.74) is 3.30. The van der Waals surface area contributed by atoms with Gasteiger partial charge in [0.05, 0.1) is 6.20 Å². The Labute approximate surface area is 182 Å². The molecule has 8 nitrogen and oxygen atoms in total. The minimum atomic E-state index is 0.149. The first-order chi connectivity index (χ1) is 15.1. The van der Waals surface area contributed by atoms with E-state index < -0.39 is 0 Å². The largest absolute Gasteiger partial charge is 0.421 e. The average Bonchev–Trinajstić information content (AvgIpc) is 3.38. The fourth-order valence-electron chi connectivity index (χ4n) is 3.84. The van der Waals surface area contributed by atoms with Crippen LogP contribution in [-0.2, 0) is 24.3 Å². The van der Waals surface area contributed by atoms with E-state index in [1.54, 1.807) is 0 Å². The molecule has 0 aliphatic carbocycles. The number of aryl methyl sites for hydroxylation is 3. The third-order valence-corrected chi connectivity index (χ3v) is 5.68. The van der Waals surface area contributed by atoms with Crippen LogP contribution in [-0.4, -0.2) is 61.9 Å². The second kappa shape index (κ2) is 9.87. The van der Waals surface area contributed by atoms with Gasteiger partial charge >= 0.3 is 0 Å². The smallest absolute Gasteiger partial charge is 0.247 e. The quantitative estimate of drug-likeness (QED) is 0.582. The Balaban J connectivity index is 1.26. The molecule has 1 amide bonds. The molecular formula is C23H30N6O2. The minimum Gasteiger partial charge on any atom is -0.421 e. The van der Waals surface area contributed by atoms with E-state index in [0.29, 0.717) is 24.6 Å². The Bertz CT molecular complexity index is 994. The highest BCUT2D eigenvalue weighted by Gasteiger charge is 2.20. The number of amides is 1.